The van der Waals surface area contributed by atoms with Gasteiger partial charge in [0.05, 0.1) is 0 Å². The van der Waals surface area contributed by atoms with Gasteiger partial charge in [-0.2, -0.15) is 0 Å². The van der Waals surface area contributed by atoms with Gasteiger partial charge in [-0.3, -0.25) is 4.79 Å². The first-order chi connectivity index (χ1) is 3.36. The monoisotopic (exact) mass is 96.1 g/mol. The van der Waals surface area contributed by atoms with Crippen molar-refractivity contribution < 1.29 is 4.79 Å². The number of carbonyl (C=O) groups is 1. The largest absolute Gasteiger partial charge is 0.300 e. The molecule has 1 heteroatoms. The Bertz CT molecular complexity index is 105. The lowest BCUT2D eigenvalue weighted by Gasteiger charge is -1.82. The highest BCUT2D eigenvalue weighted by Gasteiger charge is 2.45. The average Bonchev–Trinajstić information content (AvgIpc) is 2.15. The molecule has 0 heterocycles. The SMILES string of the molecule is O=C1C[C@@H]2C[C@H]2C1. The Balaban J connectivity index is 2.14. The lowest BCUT2D eigenvalue weighted by molar-refractivity contribution is -0.118. The smallest absolute Gasteiger partial charge is 0.133 e. The van der Waals surface area contributed by atoms with Gasteiger partial charge in [-0.05, 0) is 18.3 Å². The molecule has 2 atom stereocenters. The average molecular weight is 96.1 g/mol. The van der Waals surface area contributed by atoms with Crippen LogP contribution in [0.1, 0.15) is 19.3 Å². The number of Topliss-reactive ketones (excluding diaryl/α,β-unsaturated/α-hetero) is 1. The summed E-state index contributed by atoms with van der Waals surface area (Å²) in [6.45, 7) is 0. The van der Waals surface area contributed by atoms with E-state index in [9.17, 15) is 4.79 Å². The molecule has 0 aromatic rings. The van der Waals surface area contributed by atoms with E-state index in [-0.39, 0.29) is 0 Å². The van der Waals surface area contributed by atoms with Gasteiger partial charge >= 0.3 is 0 Å². The number of rotatable bonds is 0. The van der Waals surface area contributed by atoms with E-state index in [1.165, 1.54) is 6.42 Å². The van der Waals surface area contributed by atoms with Crippen molar-refractivity contribution in [3.63, 3.8) is 0 Å². The Morgan fingerprint density at radius 1 is 1.29 bits per heavy atom. The number of ketones is 1. The van der Waals surface area contributed by atoms with Crippen molar-refractivity contribution in [2.45, 2.75) is 19.3 Å². The molecule has 2 fully saturated rings. The van der Waals surface area contributed by atoms with E-state index in [0.717, 1.165) is 24.7 Å². The van der Waals surface area contributed by atoms with Crippen LogP contribution in [0, 0.1) is 11.8 Å². The molecule has 1 nitrogen and oxygen atoms in total. The molecule has 2 saturated carbocycles. The minimum Gasteiger partial charge on any atom is -0.300 e. The van der Waals surface area contributed by atoms with Crippen molar-refractivity contribution >= 4 is 5.78 Å². The van der Waals surface area contributed by atoms with E-state index in [1.807, 2.05) is 0 Å². The minimum atomic E-state index is 0.501. The summed E-state index contributed by atoms with van der Waals surface area (Å²) in [5.74, 6) is 2.18. The molecule has 0 aliphatic heterocycles. The molecule has 0 amide bonds. The van der Waals surface area contributed by atoms with Crippen molar-refractivity contribution in [2.24, 2.45) is 11.8 Å². The van der Waals surface area contributed by atoms with Gasteiger partial charge in [0, 0.05) is 12.8 Å². The summed E-state index contributed by atoms with van der Waals surface area (Å²) in [4.78, 5) is 10.5. The fraction of sp³-hybridized carbons (Fsp3) is 0.833. The second kappa shape index (κ2) is 0.908. The van der Waals surface area contributed by atoms with Crippen LogP contribution >= 0.6 is 0 Å². The maximum Gasteiger partial charge on any atom is 0.133 e. The third-order valence-corrected chi connectivity index (χ3v) is 2.05. The van der Waals surface area contributed by atoms with Crippen molar-refractivity contribution in [1.82, 2.24) is 0 Å². The molecule has 7 heavy (non-hydrogen) atoms. The predicted molar refractivity (Wildman–Crippen MR) is 25.8 cm³/mol. The first-order valence-corrected chi connectivity index (χ1v) is 2.88. The van der Waals surface area contributed by atoms with Crippen LogP contribution < -0.4 is 0 Å². The quantitative estimate of drug-likeness (QED) is 0.439. The Hall–Kier alpha value is -0.330. The fourth-order valence-electron chi connectivity index (χ4n) is 1.48. The van der Waals surface area contributed by atoms with Crippen LogP contribution in [0.5, 0.6) is 0 Å². The molecule has 0 saturated heterocycles. The predicted octanol–water partition coefficient (Wildman–Crippen LogP) is 0.985. The standard InChI is InChI=1S/C6H8O/c7-6-2-4-1-5(4)3-6/h4-5H,1-3H2/t4-,5-/m0/s1. The second-order valence-corrected chi connectivity index (χ2v) is 2.70. The van der Waals surface area contributed by atoms with Crippen molar-refractivity contribution in [1.29, 1.82) is 0 Å². The van der Waals surface area contributed by atoms with Crippen molar-refractivity contribution in [2.75, 3.05) is 0 Å². The highest BCUT2D eigenvalue weighted by molar-refractivity contribution is 5.82. The number of hydrogen-bond acceptors (Lipinski definition) is 1. The van der Waals surface area contributed by atoms with Gasteiger partial charge in [-0.1, -0.05) is 0 Å². The maximum atomic E-state index is 10.5. The Morgan fingerprint density at radius 3 is 2.14 bits per heavy atom. The van der Waals surface area contributed by atoms with Crippen LogP contribution in [0.4, 0.5) is 0 Å². The van der Waals surface area contributed by atoms with Gasteiger partial charge in [0.25, 0.3) is 0 Å². The topological polar surface area (TPSA) is 17.1 Å². The molecular formula is C6H8O. The Labute approximate surface area is 42.7 Å². The molecule has 0 aromatic carbocycles. The molecule has 0 aromatic heterocycles. The van der Waals surface area contributed by atoms with Crippen molar-refractivity contribution in [3.05, 3.63) is 0 Å². The maximum absolute atomic E-state index is 10.5. The van der Waals surface area contributed by atoms with Gasteiger partial charge in [-0.15, -0.1) is 0 Å². The van der Waals surface area contributed by atoms with Gasteiger partial charge in [-0.25, -0.2) is 0 Å². The van der Waals surface area contributed by atoms with E-state index >= 15 is 0 Å². The summed E-state index contributed by atoms with van der Waals surface area (Å²) in [5.41, 5.74) is 0. The normalized spacial score (nSPS) is 46.6. The first kappa shape index (κ1) is 3.65. The number of carbonyl (C=O) groups excluding carboxylic acids is 1. The van der Waals surface area contributed by atoms with E-state index in [2.05, 4.69) is 0 Å². The Kier molecular flexibility index (Phi) is 0.473. The third kappa shape index (κ3) is 0.409. The molecule has 0 unspecified atom stereocenters. The number of hydrogen-bond donors (Lipinski definition) is 0. The van der Waals surface area contributed by atoms with Crippen LogP contribution in [0.25, 0.3) is 0 Å². The third-order valence-electron chi connectivity index (χ3n) is 2.05. The highest BCUT2D eigenvalue weighted by Crippen LogP contribution is 2.49. The summed E-state index contributed by atoms with van der Waals surface area (Å²) in [6, 6.07) is 0. The molecule has 38 valence electrons. The van der Waals surface area contributed by atoms with Crippen LogP contribution in [0.15, 0.2) is 0 Å². The van der Waals surface area contributed by atoms with Gasteiger partial charge in [0.15, 0.2) is 0 Å². The molecule has 2 aliphatic carbocycles. The molecule has 0 bridgehead atoms. The zero-order valence-electron chi connectivity index (χ0n) is 4.18. The van der Waals surface area contributed by atoms with E-state index in [4.69, 9.17) is 0 Å². The summed E-state index contributed by atoms with van der Waals surface area (Å²) in [6.07, 6.45) is 3.17. The van der Waals surface area contributed by atoms with Crippen LogP contribution in [0.3, 0.4) is 0 Å². The van der Waals surface area contributed by atoms with Gasteiger partial charge < -0.3 is 0 Å². The lowest BCUT2D eigenvalue weighted by Crippen LogP contribution is -1.89. The van der Waals surface area contributed by atoms with Gasteiger partial charge in [0.1, 0.15) is 5.78 Å². The summed E-state index contributed by atoms with van der Waals surface area (Å²) in [7, 11) is 0. The van der Waals surface area contributed by atoms with Crippen LogP contribution in [-0.4, -0.2) is 5.78 Å². The van der Waals surface area contributed by atoms with Crippen LogP contribution in [-0.2, 0) is 4.79 Å². The van der Waals surface area contributed by atoms with Gasteiger partial charge in [0.2, 0.25) is 0 Å². The van der Waals surface area contributed by atoms with Crippen molar-refractivity contribution in [3.8, 4) is 0 Å². The van der Waals surface area contributed by atoms with Crippen LogP contribution in [0.2, 0.25) is 0 Å². The van der Waals surface area contributed by atoms with E-state index in [0.29, 0.717) is 5.78 Å². The molecular weight excluding hydrogens is 88.1 g/mol. The fourth-order valence-corrected chi connectivity index (χ4v) is 1.48. The highest BCUT2D eigenvalue weighted by atomic mass is 16.1. The number of fused-ring (bicyclic) bond motifs is 1. The molecule has 0 spiro atoms. The lowest BCUT2D eigenvalue weighted by atomic mass is 10.2. The second-order valence-electron chi connectivity index (χ2n) is 2.70. The molecule has 0 radical (unpaired) electrons. The molecule has 0 N–H and O–H groups in total. The molecule has 2 aliphatic rings. The minimum absolute atomic E-state index is 0.501. The summed E-state index contributed by atoms with van der Waals surface area (Å²) < 4.78 is 0. The molecule has 2 rings (SSSR count). The summed E-state index contributed by atoms with van der Waals surface area (Å²) >= 11 is 0. The Morgan fingerprint density at radius 2 is 1.86 bits per heavy atom. The zero-order chi connectivity index (χ0) is 4.85. The zero-order valence-corrected chi connectivity index (χ0v) is 4.18. The summed E-state index contributed by atoms with van der Waals surface area (Å²) in [5, 5.41) is 0. The van der Waals surface area contributed by atoms with E-state index in [1.54, 1.807) is 0 Å². The van der Waals surface area contributed by atoms with E-state index < -0.39 is 0 Å². The first-order valence-electron chi connectivity index (χ1n) is 2.88.